The van der Waals surface area contributed by atoms with Gasteiger partial charge in [-0.05, 0) is 24.3 Å². The van der Waals surface area contributed by atoms with Gasteiger partial charge in [0.1, 0.15) is 11.5 Å². The summed E-state index contributed by atoms with van der Waals surface area (Å²) in [4.78, 5) is 15.9. The highest BCUT2D eigenvalue weighted by molar-refractivity contribution is 5.81. The maximum absolute atomic E-state index is 5.51. The van der Waals surface area contributed by atoms with Crippen LogP contribution in [0.3, 0.4) is 0 Å². The molecule has 8 heteroatoms. The topological polar surface area (TPSA) is 89.2 Å². The van der Waals surface area contributed by atoms with Gasteiger partial charge in [0.25, 0.3) is 0 Å². The smallest absolute Gasteiger partial charge is 0.240 e. The van der Waals surface area contributed by atoms with Crippen molar-refractivity contribution in [3.8, 4) is 11.5 Å². The second kappa shape index (κ2) is 8.56. The van der Waals surface area contributed by atoms with E-state index in [1.807, 2.05) is 36.4 Å². The third kappa shape index (κ3) is 4.00. The van der Waals surface area contributed by atoms with Crippen molar-refractivity contribution in [2.75, 3.05) is 31.2 Å². The van der Waals surface area contributed by atoms with Gasteiger partial charge in [-0.2, -0.15) is 4.98 Å². The number of hydrogen-bond acceptors (Lipinski definition) is 8. The number of pyridine rings is 2. The molecule has 5 rings (SSSR count). The van der Waals surface area contributed by atoms with Crippen LogP contribution in [0.5, 0.6) is 0 Å². The molecular weight excluding hydrogens is 380 g/mol. The lowest BCUT2D eigenvalue weighted by Crippen LogP contribution is -2.37. The SMILES string of the molecule is c1ccc(-c2noc(CNCc3cc4ccccc4nc3N3CCOCC3)n2)nc1. The average Bonchev–Trinajstić information content (AvgIpc) is 3.29. The van der Waals surface area contributed by atoms with Crippen LogP contribution >= 0.6 is 0 Å². The minimum Gasteiger partial charge on any atom is -0.378 e. The number of aromatic nitrogens is 4. The Morgan fingerprint density at radius 3 is 2.70 bits per heavy atom. The van der Waals surface area contributed by atoms with E-state index in [-0.39, 0.29) is 0 Å². The third-order valence-electron chi connectivity index (χ3n) is 5.04. The van der Waals surface area contributed by atoms with Crippen LogP contribution in [0.2, 0.25) is 0 Å². The highest BCUT2D eigenvalue weighted by Crippen LogP contribution is 2.24. The summed E-state index contributed by atoms with van der Waals surface area (Å²) in [6, 6.07) is 16.0. The van der Waals surface area contributed by atoms with Crippen LogP contribution in [0, 0.1) is 0 Å². The van der Waals surface area contributed by atoms with Crippen molar-refractivity contribution in [2.45, 2.75) is 13.1 Å². The summed E-state index contributed by atoms with van der Waals surface area (Å²) >= 11 is 0. The maximum atomic E-state index is 5.51. The van der Waals surface area contributed by atoms with Crippen molar-refractivity contribution in [3.63, 3.8) is 0 Å². The van der Waals surface area contributed by atoms with Crippen LogP contribution in [0.25, 0.3) is 22.4 Å². The summed E-state index contributed by atoms with van der Waals surface area (Å²) in [5.41, 5.74) is 2.83. The van der Waals surface area contributed by atoms with Gasteiger partial charge in [0, 0.05) is 36.8 Å². The van der Waals surface area contributed by atoms with E-state index < -0.39 is 0 Å². The predicted molar refractivity (Wildman–Crippen MR) is 113 cm³/mol. The molecule has 0 unspecified atom stereocenters. The molecule has 1 saturated heterocycles. The number of ether oxygens (including phenoxy) is 1. The Bertz CT molecular complexity index is 1120. The number of hydrogen-bond donors (Lipinski definition) is 1. The molecule has 0 spiro atoms. The fourth-order valence-corrected chi connectivity index (χ4v) is 3.56. The monoisotopic (exact) mass is 402 g/mol. The summed E-state index contributed by atoms with van der Waals surface area (Å²) in [5, 5.41) is 8.56. The van der Waals surface area contributed by atoms with Gasteiger partial charge in [0.15, 0.2) is 0 Å². The lowest BCUT2D eigenvalue weighted by Gasteiger charge is -2.29. The number of nitrogens with one attached hydrogen (secondary N) is 1. The van der Waals surface area contributed by atoms with Crippen molar-refractivity contribution < 1.29 is 9.26 Å². The minimum atomic E-state index is 0.467. The van der Waals surface area contributed by atoms with E-state index >= 15 is 0 Å². The molecule has 1 aliphatic rings. The van der Waals surface area contributed by atoms with Gasteiger partial charge in [-0.1, -0.05) is 29.4 Å². The Labute approximate surface area is 173 Å². The summed E-state index contributed by atoms with van der Waals surface area (Å²) in [6.07, 6.45) is 1.71. The second-order valence-electron chi connectivity index (χ2n) is 7.09. The lowest BCUT2D eigenvalue weighted by molar-refractivity contribution is 0.122. The van der Waals surface area contributed by atoms with Gasteiger partial charge in [-0.3, -0.25) is 4.98 Å². The molecule has 0 atom stereocenters. The van der Waals surface area contributed by atoms with Crippen LogP contribution in [-0.4, -0.2) is 46.4 Å². The number of fused-ring (bicyclic) bond motifs is 1. The summed E-state index contributed by atoms with van der Waals surface area (Å²) in [5.74, 6) is 2.02. The normalized spacial score (nSPS) is 14.3. The number of anilines is 1. The van der Waals surface area contributed by atoms with E-state index in [0.29, 0.717) is 30.5 Å². The molecule has 8 nitrogen and oxygen atoms in total. The van der Waals surface area contributed by atoms with Gasteiger partial charge >= 0.3 is 0 Å². The number of nitrogens with zero attached hydrogens (tertiary/aromatic N) is 5. The van der Waals surface area contributed by atoms with E-state index in [1.165, 1.54) is 0 Å². The molecule has 30 heavy (non-hydrogen) atoms. The maximum Gasteiger partial charge on any atom is 0.240 e. The zero-order valence-electron chi connectivity index (χ0n) is 16.5. The van der Waals surface area contributed by atoms with Crippen molar-refractivity contribution in [1.29, 1.82) is 0 Å². The van der Waals surface area contributed by atoms with Crippen LogP contribution in [-0.2, 0) is 17.8 Å². The number of benzene rings is 1. The Morgan fingerprint density at radius 1 is 0.967 bits per heavy atom. The van der Waals surface area contributed by atoms with Crippen LogP contribution < -0.4 is 10.2 Å². The molecule has 0 saturated carbocycles. The van der Waals surface area contributed by atoms with E-state index in [0.717, 1.165) is 48.6 Å². The molecule has 152 valence electrons. The summed E-state index contributed by atoms with van der Waals surface area (Å²) in [6.45, 7) is 4.24. The van der Waals surface area contributed by atoms with Crippen molar-refractivity contribution in [1.82, 2.24) is 25.4 Å². The first-order valence-electron chi connectivity index (χ1n) is 10.0. The standard InChI is InChI=1S/C22H22N6O2/c1-2-6-18-16(5-1)13-17(22(25-18)28-9-11-29-12-10-28)14-23-15-20-26-21(27-30-20)19-7-3-4-8-24-19/h1-8,13,23H,9-12,14-15H2. The Hall–Kier alpha value is -3.36. The Kier molecular flexibility index (Phi) is 5.32. The molecule has 0 radical (unpaired) electrons. The van der Waals surface area contributed by atoms with Gasteiger partial charge in [-0.15, -0.1) is 0 Å². The molecule has 0 bridgehead atoms. The molecule has 3 aromatic heterocycles. The molecule has 0 amide bonds. The van der Waals surface area contributed by atoms with E-state index in [9.17, 15) is 0 Å². The third-order valence-corrected chi connectivity index (χ3v) is 5.04. The predicted octanol–water partition coefficient (Wildman–Crippen LogP) is 2.81. The van der Waals surface area contributed by atoms with Gasteiger partial charge in [0.2, 0.25) is 11.7 Å². The first-order chi connectivity index (χ1) is 14.9. The van der Waals surface area contributed by atoms with Crippen LogP contribution in [0.15, 0.2) is 59.3 Å². The van der Waals surface area contributed by atoms with E-state index in [2.05, 4.69) is 37.5 Å². The molecule has 4 aromatic rings. The molecule has 0 aliphatic carbocycles. The Balaban J connectivity index is 1.33. The number of para-hydroxylation sites is 1. The highest BCUT2D eigenvalue weighted by atomic mass is 16.5. The van der Waals surface area contributed by atoms with Gasteiger partial charge < -0.3 is 19.5 Å². The molecule has 1 aromatic carbocycles. The zero-order chi connectivity index (χ0) is 20.2. The molecule has 4 heterocycles. The minimum absolute atomic E-state index is 0.467. The van der Waals surface area contributed by atoms with Gasteiger partial charge in [0.05, 0.1) is 25.3 Å². The highest BCUT2D eigenvalue weighted by Gasteiger charge is 2.17. The molecule has 1 N–H and O–H groups in total. The largest absolute Gasteiger partial charge is 0.378 e. The van der Waals surface area contributed by atoms with Crippen LogP contribution in [0.1, 0.15) is 11.5 Å². The fourth-order valence-electron chi connectivity index (χ4n) is 3.56. The lowest BCUT2D eigenvalue weighted by atomic mass is 10.1. The molecule has 1 fully saturated rings. The Morgan fingerprint density at radius 2 is 1.83 bits per heavy atom. The second-order valence-corrected chi connectivity index (χ2v) is 7.09. The van der Waals surface area contributed by atoms with Crippen LogP contribution in [0.4, 0.5) is 5.82 Å². The number of morpholine rings is 1. The quantitative estimate of drug-likeness (QED) is 0.527. The van der Waals surface area contributed by atoms with E-state index in [1.54, 1.807) is 6.20 Å². The van der Waals surface area contributed by atoms with Crippen molar-refractivity contribution >= 4 is 16.7 Å². The zero-order valence-corrected chi connectivity index (χ0v) is 16.5. The van der Waals surface area contributed by atoms with Crippen molar-refractivity contribution in [3.05, 3.63) is 66.2 Å². The van der Waals surface area contributed by atoms with Crippen molar-refractivity contribution in [2.24, 2.45) is 0 Å². The average molecular weight is 402 g/mol. The molecular formula is C22H22N6O2. The molecule has 1 aliphatic heterocycles. The number of rotatable bonds is 6. The first-order valence-corrected chi connectivity index (χ1v) is 10.0. The fraction of sp³-hybridized carbons (Fsp3) is 0.273. The first kappa shape index (κ1) is 18.7. The van der Waals surface area contributed by atoms with Gasteiger partial charge in [-0.25, -0.2) is 4.98 Å². The summed E-state index contributed by atoms with van der Waals surface area (Å²) in [7, 11) is 0. The van der Waals surface area contributed by atoms with E-state index in [4.69, 9.17) is 14.2 Å². The summed E-state index contributed by atoms with van der Waals surface area (Å²) < 4.78 is 10.9.